The van der Waals surface area contributed by atoms with Gasteiger partial charge >= 0.3 is 5.97 Å². The molecule has 1 N–H and O–H groups in total. The first-order valence-electron chi connectivity index (χ1n) is 14.1. The third-order valence-electron chi connectivity index (χ3n) is 7.43. The number of unbranched alkanes of at least 4 members (excludes halogenated alkanes) is 6. The number of rotatable bonds is 16. The van der Waals surface area contributed by atoms with E-state index >= 15 is 0 Å². The van der Waals surface area contributed by atoms with E-state index in [1.54, 1.807) is 0 Å². The van der Waals surface area contributed by atoms with E-state index in [0.717, 1.165) is 56.9 Å². The smallest absolute Gasteiger partial charge is 0.362 e. The molecule has 0 saturated heterocycles. The van der Waals surface area contributed by atoms with E-state index in [-0.39, 0.29) is 17.2 Å². The molecule has 5 nitrogen and oxygen atoms in total. The second-order valence-corrected chi connectivity index (χ2v) is 10.2. The quantitative estimate of drug-likeness (QED) is 0.0851. The Bertz CT molecular complexity index is 853. The highest BCUT2D eigenvalue weighted by molar-refractivity contribution is 6.69. The summed E-state index contributed by atoms with van der Waals surface area (Å²) in [6.45, 7) is 11.4. The molecule has 1 unspecified atom stereocenters. The Labute approximate surface area is 213 Å². The average Bonchev–Trinajstić information content (AvgIpc) is 2.85. The number of oxime groups is 1. The molecule has 2 rings (SSSR count). The van der Waals surface area contributed by atoms with Crippen LogP contribution in [0.4, 0.5) is 0 Å². The van der Waals surface area contributed by atoms with E-state index in [1.165, 1.54) is 43.2 Å². The largest absolute Gasteiger partial charge is 0.458 e. The van der Waals surface area contributed by atoms with Gasteiger partial charge in [0.25, 0.3) is 0 Å². The van der Waals surface area contributed by atoms with Crippen LogP contribution in [-0.4, -0.2) is 35.2 Å². The van der Waals surface area contributed by atoms with Gasteiger partial charge in [0.2, 0.25) is 5.71 Å². The van der Waals surface area contributed by atoms with Crippen molar-refractivity contribution in [3.8, 4) is 0 Å². The second kappa shape index (κ2) is 15.1. The highest BCUT2D eigenvalue weighted by atomic mass is 16.5. The summed E-state index contributed by atoms with van der Waals surface area (Å²) in [6, 6.07) is 6.13. The fraction of sp³-hybridized carbons (Fsp3) is 0.700. The second-order valence-electron chi connectivity index (χ2n) is 10.2. The Morgan fingerprint density at radius 2 is 1.69 bits per heavy atom. The normalized spacial score (nSPS) is 15.9. The molecule has 0 saturated carbocycles. The SMILES string of the molecule is CCCCCCCCCC(CC)OC(=O)C(=NO)C1=NCC(CCC)(CCC)c2c(C)cccc21. The van der Waals surface area contributed by atoms with Crippen molar-refractivity contribution in [3.05, 3.63) is 34.9 Å². The molecule has 1 heterocycles. The zero-order chi connectivity index (χ0) is 25.7. The molecule has 35 heavy (non-hydrogen) atoms. The van der Waals surface area contributed by atoms with Gasteiger partial charge in [0.15, 0.2) is 0 Å². The lowest BCUT2D eigenvalue weighted by Crippen LogP contribution is -2.40. The Morgan fingerprint density at radius 1 is 1.03 bits per heavy atom. The van der Waals surface area contributed by atoms with E-state index < -0.39 is 5.97 Å². The maximum atomic E-state index is 13.2. The first kappa shape index (κ1) is 29.1. The zero-order valence-corrected chi connectivity index (χ0v) is 22.9. The minimum atomic E-state index is -0.577. The number of hydrogen-bond acceptors (Lipinski definition) is 5. The van der Waals surface area contributed by atoms with Crippen LogP contribution in [0.1, 0.15) is 128 Å². The number of aliphatic imine (C=N–C) groups is 1. The van der Waals surface area contributed by atoms with Crippen molar-refractivity contribution in [2.75, 3.05) is 6.54 Å². The standard InChI is InChI=1S/C30H48N2O3/c1-6-10-11-12-13-14-15-18-24(9-4)35-29(33)28(32-34)27-25-19-16-17-23(5)26(25)30(20-7-2,21-8-3)22-31-27/h16-17,19,24,34H,6-15,18,20-22H2,1-5H3. The monoisotopic (exact) mass is 484 g/mol. The number of hydrogen-bond donors (Lipinski definition) is 1. The van der Waals surface area contributed by atoms with Crippen molar-refractivity contribution in [2.45, 2.75) is 130 Å². The molecule has 1 aromatic rings. The number of fused-ring (bicyclic) bond motifs is 1. The van der Waals surface area contributed by atoms with E-state index in [1.807, 2.05) is 19.1 Å². The predicted molar refractivity (Wildman–Crippen MR) is 146 cm³/mol. The number of carbonyl (C=O) groups is 1. The molecule has 196 valence electrons. The molecule has 1 atom stereocenters. The predicted octanol–water partition coefficient (Wildman–Crippen LogP) is 7.93. The van der Waals surface area contributed by atoms with Gasteiger partial charge in [-0.05, 0) is 50.2 Å². The topological polar surface area (TPSA) is 71.2 Å². The van der Waals surface area contributed by atoms with Gasteiger partial charge in [-0.1, -0.05) is 102 Å². The molecule has 0 aliphatic carbocycles. The number of nitrogens with zero attached hydrogens (tertiary/aromatic N) is 2. The molecule has 0 bridgehead atoms. The van der Waals surface area contributed by atoms with Crippen molar-refractivity contribution in [3.63, 3.8) is 0 Å². The fourth-order valence-corrected chi connectivity index (χ4v) is 5.72. The van der Waals surface area contributed by atoms with Gasteiger partial charge in [0.05, 0.1) is 0 Å². The average molecular weight is 485 g/mol. The minimum Gasteiger partial charge on any atom is -0.458 e. The van der Waals surface area contributed by atoms with Crippen LogP contribution in [-0.2, 0) is 14.9 Å². The molecule has 0 radical (unpaired) electrons. The van der Waals surface area contributed by atoms with Crippen LogP contribution in [0.2, 0.25) is 0 Å². The summed E-state index contributed by atoms with van der Waals surface area (Å²) in [5.74, 6) is -0.577. The summed E-state index contributed by atoms with van der Waals surface area (Å²) in [5, 5.41) is 13.3. The summed E-state index contributed by atoms with van der Waals surface area (Å²) in [5.41, 5.74) is 3.70. The van der Waals surface area contributed by atoms with E-state index in [2.05, 4.69) is 38.9 Å². The third-order valence-corrected chi connectivity index (χ3v) is 7.43. The van der Waals surface area contributed by atoms with Crippen LogP contribution in [0, 0.1) is 6.92 Å². The Morgan fingerprint density at radius 3 is 2.29 bits per heavy atom. The Balaban J connectivity index is 2.15. The highest BCUT2D eigenvalue weighted by Gasteiger charge is 2.40. The molecule has 0 fully saturated rings. The number of aryl methyl sites for hydroxylation is 1. The molecule has 1 aliphatic rings. The molecular formula is C30H48N2O3. The zero-order valence-electron chi connectivity index (χ0n) is 22.9. The van der Waals surface area contributed by atoms with Gasteiger partial charge in [-0.2, -0.15) is 0 Å². The minimum absolute atomic E-state index is 0.0404. The van der Waals surface area contributed by atoms with Crippen molar-refractivity contribution in [2.24, 2.45) is 10.1 Å². The van der Waals surface area contributed by atoms with Crippen LogP contribution in [0.5, 0.6) is 0 Å². The fourth-order valence-electron chi connectivity index (χ4n) is 5.72. The summed E-state index contributed by atoms with van der Waals surface area (Å²) in [4.78, 5) is 18.0. The molecule has 0 amide bonds. The molecule has 5 heteroatoms. The van der Waals surface area contributed by atoms with Gasteiger partial charge in [-0.25, -0.2) is 4.79 Å². The summed E-state index contributed by atoms with van der Waals surface area (Å²) >= 11 is 0. The van der Waals surface area contributed by atoms with Crippen LogP contribution >= 0.6 is 0 Å². The first-order chi connectivity index (χ1) is 17.0. The molecular weight excluding hydrogens is 436 g/mol. The van der Waals surface area contributed by atoms with Crippen LogP contribution in [0.25, 0.3) is 0 Å². The van der Waals surface area contributed by atoms with Crippen molar-refractivity contribution in [1.29, 1.82) is 0 Å². The van der Waals surface area contributed by atoms with E-state index in [9.17, 15) is 10.0 Å². The van der Waals surface area contributed by atoms with Gasteiger partial charge in [0, 0.05) is 17.5 Å². The lowest BCUT2D eigenvalue weighted by Gasteiger charge is -2.39. The number of carbonyl (C=O) groups excluding carboxylic acids is 1. The number of ether oxygens (including phenoxy) is 1. The van der Waals surface area contributed by atoms with Gasteiger partial charge in [0.1, 0.15) is 11.8 Å². The lowest BCUT2D eigenvalue weighted by atomic mass is 9.68. The molecule has 0 spiro atoms. The van der Waals surface area contributed by atoms with Gasteiger partial charge in [-0.15, -0.1) is 0 Å². The molecule has 1 aliphatic heterocycles. The Kier molecular flexibility index (Phi) is 12.5. The molecule has 1 aromatic carbocycles. The van der Waals surface area contributed by atoms with E-state index in [4.69, 9.17) is 9.73 Å². The Hall–Kier alpha value is -2.17. The van der Waals surface area contributed by atoms with Crippen LogP contribution in [0.15, 0.2) is 28.3 Å². The van der Waals surface area contributed by atoms with Crippen molar-refractivity contribution >= 4 is 17.4 Å². The summed E-state index contributed by atoms with van der Waals surface area (Å²) in [7, 11) is 0. The number of esters is 1. The molecule has 0 aromatic heterocycles. The van der Waals surface area contributed by atoms with Crippen molar-refractivity contribution in [1.82, 2.24) is 0 Å². The summed E-state index contributed by atoms with van der Waals surface area (Å²) in [6.07, 6.45) is 14.2. The van der Waals surface area contributed by atoms with Crippen LogP contribution in [0.3, 0.4) is 0 Å². The maximum absolute atomic E-state index is 13.2. The highest BCUT2D eigenvalue weighted by Crippen LogP contribution is 2.41. The third kappa shape index (κ3) is 7.65. The first-order valence-corrected chi connectivity index (χ1v) is 14.1. The van der Waals surface area contributed by atoms with E-state index in [0.29, 0.717) is 12.3 Å². The summed E-state index contributed by atoms with van der Waals surface area (Å²) < 4.78 is 5.83. The van der Waals surface area contributed by atoms with Crippen LogP contribution < -0.4 is 0 Å². The maximum Gasteiger partial charge on any atom is 0.362 e. The number of benzene rings is 1. The van der Waals surface area contributed by atoms with Crippen molar-refractivity contribution < 1.29 is 14.7 Å². The van der Waals surface area contributed by atoms with Gasteiger partial charge in [-0.3, -0.25) is 4.99 Å². The van der Waals surface area contributed by atoms with Gasteiger partial charge < -0.3 is 9.94 Å². The lowest BCUT2D eigenvalue weighted by molar-refractivity contribution is -0.141.